The van der Waals surface area contributed by atoms with Crippen LogP contribution in [0.4, 0.5) is 0 Å². The van der Waals surface area contributed by atoms with Crippen LogP contribution in [0.25, 0.3) is 0 Å². The molecule has 0 heterocycles. The first-order valence-electron chi connectivity index (χ1n) is 18.6. The predicted octanol–water partition coefficient (Wildman–Crippen LogP) is 6.89. The minimum Gasteiger partial charge on any atom is -0.0470 e. The van der Waals surface area contributed by atoms with Gasteiger partial charge in [-0.25, -0.2) is 0 Å². The Morgan fingerprint density at radius 1 is 0.366 bits per heavy atom. The summed E-state index contributed by atoms with van der Waals surface area (Å²) in [5, 5.41) is 0. The Balaban J connectivity index is 0.000000630. The van der Waals surface area contributed by atoms with Gasteiger partial charge in [-0.15, -0.1) is 0 Å². The molecule has 26 bridgehead atoms. The van der Waals surface area contributed by atoms with E-state index in [4.69, 9.17) is 0 Å². The van der Waals surface area contributed by atoms with Crippen molar-refractivity contribution in [3.63, 3.8) is 0 Å². The normalized spacial score (nSPS) is 91.9. The molecule has 0 aromatic rings. The standard InChI is InChI=1S/C38H42.Co.Mn.Ni/c1-13-4-31-10-33-6-14-2-17-21(33)25-19(31)16(1)20-26-22-18-3-15-7-34(22)11-32(20,5-13)28(31)38-29(33)35(8-14)12-36(9-15,30(34)38)24(18)27(23(17)35)37(25,26)38;;;/h13-30H,1-12H2;;;/t13-,14+,15-,16+,17-,18?,19-,20+,21+,22-,23-,24+,25+,26-,27+,28+,29-,30+,31+,32-,33-,34-,35+,36-,37-,38-;;;/m0.../s1. The molecule has 0 aromatic carbocycles. The van der Waals surface area contributed by atoms with Crippen molar-refractivity contribution in [1.82, 2.24) is 0 Å². The van der Waals surface area contributed by atoms with E-state index in [0.29, 0.717) is 0 Å². The molecule has 220 valence electrons. The molecular formula is C38H42CoMnNi. The van der Waals surface area contributed by atoms with Crippen molar-refractivity contribution >= 4 is 0 Å². The third-order valence-electron chi connectivity index (χ3n) is 24.2. The van der Waals surface area contributed by atoms with Gasteiger partial charge in [-0.3, -0.25) is 0 Å². The van der Waals surface area contributed by atoms with E-state index in [1.807, 2.05) is 19.3 Å². The van der Waals surface area contributed by atoms with Crippen molar-refractivity contribution in [1.29, 1.82) is 0 Å². The summed E-state index contributed by atoms with van der Waals surface area (Å²) in [6.07, 6.45) is 21.7. The van der Waals surface area contributed by atoms with Crippen LogP contribution in [0.15, 0.2) is 0 Å². The molecule has 0 aliphatic heterocycles. The van der Waals surface area contributed by atoms with E-state index in [9.17, 15) is 0 Å². The monoisotopic (exact) mass is 670 g/mol. The third-order valence-corrected chi connectivity index (χ3v) is 24.2. The molecule has 8 spiro atoms. The van der Waals surface area contributed by atoms with E-state index in [2.05, 4.69) is 0 Å². The summed E-state index contributed by atoms with van der Waals surface area (Å²) in [6.45, 7) is 0. The zero-order valence-corrected chi connectivity index (χ0v) is 27.1. The molecular weight excluding hydrogens is 629 g/mol. The maximum Gasteiger partial charge on any atom is 0 e. The molecule has 26 atom stereocenters. The summed E-state index contributed by atoms with van der Waals surface area (Å²) in [5.74, 6) is 22.9. The fourth-order valence-electron chi connectivity index (χ4n) is 29.0. The van der Waals surface area contributed by atoms with Gasteiger partial charge >= 0.3 is 0 Å². The van der Waals surface area contributed by atoms with Crippen LogP contribution in [0.5, 0.6) is 0 Å². The van der Waals surface area contributed by atoms with Crippen LogP contribution in [0, 0.1) is 150 Å². The van der Waals surface area contributed by atoms with Gasteiger partial charge in [0.15, 0.2) is 0 Å². The molecule has 27 fully saturated rings. The summed E-state index contributed by atoms with van der Waals surface area (Å²) in [6, 6.07) is 0. The fourth-order valence-corrected chi connectivity index (χ4v) is 29.0. The Labute approximate surface area is 275 Å². The van der Waals surface area contributed by atoms with Gasteiger partial charge in [-0.05, 0) is 227 Å². The molecule has 2 radical (unpaired) electrons. The molecule has 1 unspecified atom stereocenters. The van der Waals surface area contributed by atoms with Crippen LogP contribution in [0.1, 0.15) is 77.0 Å². The van der Waals surface area contributed by atoms with E-state index in [0.717, 1.165) is 43.3 Å². The second-order valence-electron chi connectivity index (χ2n) is 22.3. The Bertz CT molecular complexity index is 1310. The van der Waals surface area contributed by atoms with Crippen molar-refractivity contribution in [3.8, 4) is 0 Å². The van der Waals surface area contributed by atoms with Gasteiger partial charge in [-0.2, -0.15) is 0 Å². The molecule has 0 amide bonds. The van der Waals surface area contributed by atoms with Crippen molar-refractivity contribution in [2.45, 2.75) is 77.0 Å². The molecule has 0 N–H and O–H groups in total. The first-order valence-corrected chi connectivity index (χ1v) is 18.6. The van der Waals surface area contributed by atoms with Gasteiger partial charge in [0.05, 0.1) is 0 Å². The zero-order valence-electron chi connectivity index (χ0n) is 23.9. The number of hydrogen-bond acceptors (Lipinski definition) is 0. The van der Waals surface area contributed by atoms with Crippen LogP contribution in [0.2, 0.25) is 0 Å². The second kappa shape index (κ2) is 5.11. The maximum absolute atomic E-state index is 1.86. The second-order valence-corrected chi connectivity index (χ2v) is 22.3. The molecule has 0 aromatic heterocycles. The molecule has 27 aliphatic rings. The largest absolute Gasteiger partial charge is 0.0470 e. The van der Waals surface area contributed by atoms with Crippen molar-refractivity contribution in [3.05, 3.63) is 0 Å². The third kappa shape index (κ3) is 1.26. The Morgan fingerprint density at radius 3 is 0.902 bits per heavy atom. The maximum atomic E-state index is 1.86. The predicted molar refractivity (Wildman–Crippen MR) is 138 cm³/mol. The van der Waals surface area contributed by atoms with E-state index in [1.165, 1.54) is 107 Å². The summed E-state index contributed by atoms with van der Waals surface area (Å²) in [4.78, 5) is 0. The van der Waals surface area contributed by atoms with Crippen LogP contribution in [-0.4, -0.2) is 0 Å². The van der Waals surface area contributed by atoms with Crippen LogP contribution in [-0.2, 0) is 50.3 Å². The Morgan fingerprint density at radius 2 is 0.634 bits per heavy atom. The van der Waals surface area contributed by atoms with E-state index < -0.39 is 0 Å². The first kappa shape index (κ1) is 22.9. The molecule has 3 heteroatoms. The molecule has 0 saturated heterocycles. The number of rotatable bonds is 0. The van der Waals surface area contributed by atoms with E-state index in [-0.39, 0.29) is 50.3 Å². The average Bonchev–Trinajstić information content (AvgIpc) is 2.83. The summed E-state index contributed by atoms with van der Waals surface area (Å²) >= 11 is 0. The molecule has 27 saturated carbocycles. The quantitative estimate of drug-likeness (QED) is 0.247. The average molecular weight is 671 g/mol. The smallest absolute Gasteiger partial charge is 0 e. The zero-order chi connectivity index (χ0) is 22.9. The van der Waals surface area contributed by atoms with Crippen LogP contribution in [0.3, 0.4) is 0 Å². The van der Waals surface area contributed by atoms with Crippen LogP contribution >= 0.6 is 0 Å². The van der Waals surface area contributed by atoms with Gasteiger partial charge in [-0.1, -0.05) is 0 Å². The first-order chi connectivity index (χ1) is 18.6. The summed E-state index contributed by atoms with van der Waals surface area (Å²) in [5.41, 5.74) is 7.37. The molecule has 27 rings (SSSR count). The van der Waals surface area contributed by atoms with E-state index >= 15 is 0 Å². The van der Waals surface area contributed by atoms with Crippen molar-refractivity contribution in [2.24, 2.45) is 150 Å². The van der Waals surface area contributed by atoms with Gasteiger partial charge in [0.25, 0.3) is 0 Å². The summed E-state index contributed by atoms with van der Waals surface area (Å²) in [7, 11) is 0. The Kier molecular flexibility index (Phi) is 2.86. The summed E-state index contributed by atoms with van der Waals surface area (Å²) < 4.78 is 0. The fraction of sp³-hybridized carbons (Fsp3) is 1.00. The van der Waals surface area contributed by atoms with Gasteiger partial charge in [0, 0.05) is 50.3 Å². The molecule has 27 aliphatic carbocycles. The van der Waals surface area contributed by atoms with Crippen molar-refractivity contribution < 1.29 is 50.3 Å². The van der Waals surface area contributed by atoms with Crippen molar-refractivity contribution in [2.75, 3.05) is 0 Å². The Hall–Kier alpha value is 1.52. The van der Waals surface area contributed by atoms with Gasteiger partial charge in [0.1, 0.15) is 0 Å². The topological polar surface area (TPSA) is 0 Å². The molecule has 41 heavy (non-hydrogen) atoms. The van der Waals surface area contributed by atoms with Crippen LogP contribution < -0.4 is 0 Å². The SMILES string of the molecule is C1C2[C@@H]3[C@H]4[C@@H]5[C@H]6C[C@@H]7C[C@@]89C[C@@]%10%11C[C@@H]%12C[C@H]%13[C@@H]%14[C@H]%15[C@H]2[C@]2%16C[C@H]1C[C@]31C[C@@]5(C7)[C@H]8[C@@]([C@H]%10[C@@]%14(C%12)C2)([C@@H]1%16)[C@]4%15[C@@H]([C@@H]69)[C@H]%13%11.[Co].[Mn].[Ni]. The van der Waals surface area contributed by atoms with Gasteiger partial charge < -0.3 is 0 Å². The molecule has 0 nitrogen and oxygen atoms in total. The number of hydrogen-bond donors (Lipinski definition) is 0. The van der Waals surface area contributed by atoms with Gasteiger partial charge in [0.2, 0.25) is 0 Å². The minimum atomic E-state index is 0. The van der Waals surface area contributed by atoms with E-state index in [1.54, 1.807) is 57.8 Å². The minimum absolute atomic E-state index is 0.